The van der Waals surface area contributed by atoms with Crippen molar-refractivity contribution in [3.05, 3.63) is 18.1 Å². The fraction of sp³-hybridized carbons (Fsp3) is 0.417. The van der Waals surface area contributed by atoms with Crippen LogP contribution >= 0.6 is 0 Å². The molecule has 0 saturated carbocycles. The molecule has 8 nitrogen and oxygen atoms in total. The highest BCUT2D eigenvalue weighted by Crippen LogP contribution is 2.18. The molecule has 1 aromatic heterocycles. The monoisotopic (exact) mass is 278 g/mol. The molecule has 20 heavy (non-hydrogen) atoms. The lowest BCUT2D eigenvalue weighted by Crippen LogP contribution is -2.58. The summed E-state index contributed by atoms with van der Waals surface area (Å²) in [6, 6.07) is -0.519. The molecule has 2 amide bonds. The van der Waals surface area contributed by atoms with E-state index in [-0.39, 0.29) is 18.1 Å². The van der Waals surface area contributed by atoms with Gasteiger partial charge >= 0.3 is 5.97 Å². The van der Waals surface area contributed by atoms with Gasteiger partial charge in [0, 0.05) is 0 Å². The van der Waals surface area contributed by atoms with Crippen LogP contribution in [0.4, 0.5) is 5.82 Å². The standard InChI is InChI=1S/C12H14N4O4/c1-3-8-11(18)15-10(17)6-16(8)9-5-13-4-7(14-9)12(19)20-2/h4-5,8H,3,6H2,1-2H3,(H,15,17,18). The first-order valence-electron chi connectivity index (χ1n) is 6.07. The van der Waals surface area contributed by atoms with E-state index in [1.165, 1.54) is 24.4 Å². The normalized spacial score (nSPS) is 18.7. The third-order valence-electron chi connectivity index (χ3n) is 2.95. The molecule has 1 aromatic rings. The molecule has 1 fully saturated rings. The Labute approximate surface area is 115 Å². The Hall–Kier alpha value is -2.51. The molecule has 0 aromatic carbocycles. The minimum atomic E-state index is -0.625. The Balaban J connectivity index is 2.35. The summed E-state index contributed by atoms with van der Waals surface area (Å²) in [4.78, 5) is 44.2. The van der Waals surface area contributed by atoms with Gasteiger partial charge in [0.2, 0.25) is 11.8 Å². The fourth-order valence-electron chi connectivity index (χ4n) is 2.01. The maximum absolute atomic E-state index is 11.8. The van der Waals surface area contributed by atoms with Crippen molar-refractivity contribution in [2.45, 2.75) is 19.4 Å². The Bertz CT molecular complexity index is 560. The number of piperazine rings is 1. The lowest BCUT2D eigenvalue weighted by atomic mass is 10.1. The van der Waals surface area contributed by atoms with Crippen LogP contribution < -0.4 is 10.2 Å². The van der Waals surface area contributed by atoms with Crippen LogP contribution in [0.15, 0.2) is 12.4 Å². The van der Waals surface area contributed by atoms with Gasteiger partial charge in [-0.15, -0.1) is 0 Å². The highest BCUT2D eigenvalue weighted by atomic mass is 16.5. The molecule has 1 aliphatic heterocycles. The average molecular weight is 278 g/mol. The van der Waals surface area contributed by atoms with E-state index < -0.39 is 17.9 Å². The van der Waals surface area contributed by atoms with E-state index in [2.05, 4.69) is 20.0 Å². The van der Waals surface area contributed by atoms with Crippen LogP contribution in [0.25, 0.3) is 0 Å². The highest BCUT2D eigenvalue weighted by Gasteiger charge is 2.33. The average Bonchev–Trinajstić information content (AvgIpc) is 2.45. The second-order valence-electron chi connectivity index (χ2n) is 4.22. The molecule has 2 heterocycles. The lowest BCUT2D eigenvalue weighted by molar-refractivity contribution is -0.132. The Morgan fingerprint density at radius 3 is 2.90 bits per heavy atom. The molecule has 2 rings (SSSR count). The minimum absolute atomic E-state index is 0.0104. The quantitative estimate of drug-likeness (QED) is 0.587. The summed E-state index contributed by atoms with van der Waals surface area (Å²) < 4.78 is 4.57. The van der Waals surface area contributed by atoms with Gasteiger partial charge in [-0.3, -0.25) is 19.9 Å². The number of esters is 1. The van der Waals surface area contributed by atoms with Crippen molar-refractivity contribution in [1.29, 1.82) is 0 Å². The molecule has 0 spiro atoms. The van der Waals surface area contributed by atoms with Gasteiger partial charge in [0.25, 0.3) is 0 Å². The molecule has 1 N–H and O–H groups in total. The zero-order valence-corrected chi connectivity index (χ0v) is 11.1. The number of amides is 2. The van der Waals surface area contributed by atoms with Crippen molar-refractivity contribution >= 4 is 23.6 Å². The van der Waals surface area contributed by atoms with E-state index in [1.54, 1.807) is 0 Å². The highest BCUT2D eigenvalue weighted by molar-refractivity contribution is 6.04. The SMILES string of the molecule is CCC1C(=O)NC(=O)CN1c1cncc(C(=O)OC)n1. The lowest BCUT2D eigenvalue weighted by Gasteiger charge is -2.34. The first-order chi connectivity index (χ1) is 9.56. The summed E-state index contributed by atoms with van der Waals surface area (Å²) in [6.45, 7) is 1.81. The number of carbonyl (C=O) groups excluding carboxylic acids is 3. The maximum atomic E-state index is 11.8. The predicted molar refractivity (Wildman–Crippen MR) is 67.9 cm³/mol. The molecule has 0 aliphatic carbocycles. The van der Waals surface area contributed by atoms with Crippen molar-refractivity contribution in [3.63, 3.8) is 0 Å². The number of hydrogen-bond acceptors (Lipinski definition) is 7. The molecule has 1 saturated heterocycles. The van der Waals surface area contributed by atoms with Gasteiger partial charge in [0.05, 0.1) is 26.0 Å². The largest absolute Gasteiger partial charge is 0.464 e. The van der Waals surface area contributed by atoms with E-state index in [9.17, 15) is 14.4 Å². The van der Waals surface area contributed by atoms with Crippen LogP contribution in [0.3, 0.4) is 0 Å². The molecule has 1 atom stereocenters. The Morgan fingerprint density at radius 1 is 1.50 bits per heavy atom. The summed E-state index contributed by atoms with van der Waals surface area (Å²) in [7, 11) is 1.24. The van der Waals surface area contributed by atoms with Gasteiger partial charge in [0.15, 0.2) is 5.69 Å². The van der Waals surface area contributed by atoms with Gasteiger partial charge in [-0.2, -0.15) is 0 Å². The van der Waals surface area contributed by atoms with Crippen LogP contribution in [-0.4, -0.2) is 47.4 Å². The number of hydrogen-bond donors (Lipinski definition) is 1. The van der Waals surface area contributed by atoms with E-state index in [4.69, 9.17) is 0 Å². The van der Waals surface area contributed by atoms with Crippen LogP contribution in [-0.2, 0) is 14.3 Å². The van der Waals surface area contributed by atoms with Crippen LogP contribution in [0, 0.1) is 0 Å². The van der Waals surface area contributed by atoms with E-state index in [0.717, 1.165) is 0 Å². The summed E-state index contributed by atoms with van der Waals surface area (Å²) in [6.07, 6.45) is 3.17. The van der Waals surface area contributed by atoms with Gasteiger partial charge in [0.1, 0.15) is 11.9 Å². The fourth-order valence-corrected chi connectivity index (χ4v) is 2.01. The van der Waals surface area contributed by atoms with Gasteiger partial charge in [-0.25, -0.2) is 9.78 Å². The van der Waals surface area contributed by atoms with Crippen molar-refractivity contribution in [2.24, 2.45) is 0 Å². The summed E-state index contributed by atoms with van der Waals surface area (Å²) >= 11 is 0. The third kappa shape index (κ3) is 2.58. The number of anilines is 1. The Morgan fingerprint density at radius 2 is 2.25 bits per heavy atom. The number of carbonyl (C=O) groups is 3. The molecule has 106 valence electrons. The molecule has 8 heteroatoms. The van der Waals surface area contributed by atoms with Crippen molar-refractivity contribution in [1.82, 2.24) is 15.3 Å². The topological polar surface area (TPSA) is 101 Å². The van der Waals surface area contributed by atoms with Gasteiger partial charge in [-0.1, -0.05) is 6.92 Å². The molecular formula is C12H14N4O4. The number of rotatable bonds is 3. The third-order valence-corrected chi connectivity index (χ3v) is 2.95. The minimum Gasteiger partial charge on any atom is -0.464 e. The predicted octanol–water partition coefficient (Wildman–Crippen LogP) is -0.495. The number of nitrogens with one attached hydrogen (secondary N) is 1. The van der Waals surface area contributed by atoms with E-state index in [0.29, 0.717) is 12.2 Å². The smallest absolute Gasteiger partial charge is 0.358 e. The number of imide groups is 1. The van der Waals surface area contributed by atoms with E-state index in [1.807, 2.05) is 6.92 Å². The van der Waals surface area contributed by atoms with Gasteiger partial charge < -0.3 is 9.64 Å². The Kier molecular flexibility index (Phi) is 3.92. The number of ether oxygens (including phenoxy) is 1. The van der Waals surface area contributed by atoms with Crippen LogP contribution in [0.5, 0.6) is 0 Å². The number of aromatic nitrogens is 2. The zero-order chi connectivity index (χ0) is 14.7. The van der Waals surface area contributed by atoms with Crippen LogP contribution in [0.1, 0.15) is 23.8 Å². The summed E-state index contributed by atoms with van der Waals surface area (Å²) in [5.74, 6) is -1.12. The molecule has 0 bridgehead atoms. The van der Waals surface area contributed by atoms with Crippen molar-refractivity contribution < 1.29 is 19.1 Å². The first-order valence-corrected chi connectivity index (χ1v) is 6.07. The van der Waals surface area contributed by atoms with E-state index >= 15 is 0 Å². The number of nitrogens with zero attached hydrogens (tertiary/aromatic N) is 3. The van der Waals surface area contributed by atoms with Crippen LogP contribution in [0.2, 0.25) is 0 Å². The molecule has 1 unspecified atom stereocenters. The molecule has 0 radical (unpaired) electrons. The zero-order valence-electron chi connectivity index (χ0n) is 11.1. The maximum Gasteiger partial charge on any atom is 0.358 e. The second kappa shape index (κ2) is 5.64. The van der Waals surface area contributed by atoms with Crippen molar-refractivity contribution in [3.8, 4) is 0 Å². The summed E-state index contributed by atoms with van der Waals surface area (Å²) in [5.41, 5.74) is 0.0262. The molecular weight excluding hydrogens is 264 g/mol. The number of methoxy groups -OCH3 is 1. The summed E-state index contributed by atoms with van der Waals surface area (Å²) in [5, 5.41) is 2.27. The van der Waals surface area contributed by atoms with Gasteiger partial charge in [-0.05, 0) is 6.42 Å². The first kappa shape index (κ1) is 13.9. The second-order valence-corrected chi connectivity index (χ2v) is 4.22. The molecule has 1 aliphatic rings. The van der Waals surface area contributed by atoms with Crippen molar-refractivity contribution in [2.75, 3.05) is 18.6 Å².